The summed E-state index contributed by atoms with van der Waals surface area (Å²) in [4.78, 5) is 30.3. The van der Waals surface area contributed by atoms with Crippen LogP contribution in [-0.4, -0.2) is 58.8 Å². The van der Waals surface area contributed by atoms with Gasteiger partial charge in [-0.2, -0.15) is 0 Å². The molecule has 0 unspecified atom stereocenters. The SMILES string of the molecule is CCn1c(CN2CCN(c3ccccc3OC)CC2)c(C(=O)O)[nH]c1=O. The number of carboxylic acids is 1. The van der Waals surface area contributed by atoms with Crippen molar-refractivity contribution in [3.63, 3.8) is 0 Å². The number of H-pyrrole nitrogens is 1. The number of hydrogen-bond donors (Lipinski definition) is 2. The van der Waals surface area contributed by atoms with Crippen LogP contribution in [0.15, 0.2) is 29.1 Å². The summed E-state index contributed by atoms with van der Waals surface area (Å²) < 4.78 is 6.93. The molecule has 0 bridgehead atoms. The van der Waals surface area contributed by atoms with Crippen LogP contribution < -0.4 is 15.3 Å². The average molecular weight is 360 g/mol. The monoisotopic (exact) mass is 360 g/mol. The lowest BCUT2D eigenvalue weighted by molar-refractivity contribution is 0.0688. The molecule has 0 amide bonds. The number of ether oxygens (including phenoxy) is 1. The summed E-state index contributed by atoms with van der Waals surface area (Å²) in [6.45, 7) is 5.89. The summed E-state index contributed by atoms with van der Waals surface area (Å²) in [5.41, 5.74) is 1.22. The molecular formula is C18H24N4O4. The third-order valence-corrected chi connectivity index (χ3v) is 4.79. The number of imidazole rings is 1. The standard InChI is InChI=1S/C18H24N4O4/c1-3-22-14(16(17(23)24)19-18(22)25)12-20-8-10-21(11-9-20)13-6-4-5-7-15(13)26-2/h4-7H,3,8-12H2,1-2H3,(H,19,25)(H,23,24). The zero-order chi connectivity index (χ0) is 18.7. The Morgan fingerprint density at radius 2 is 1.92 bits per heavy atom. The van der Waals surface area contributed by atoms with Crippen LogP contribution in [0.25, 0.3) is 0 Å². The molecule has 0 spiro atoms. The molecule has 0 saturated carbocycles. The molecule has 2 heterocycles. The highest BCUT2D eigenvalue weighted by Crippen LogP contribution is 2.28. The van der Waals surface area contributed by atoms with Crippen molar-refractivity contribution in [2.24, 2.45) is 0 Å². The average Bonchev–Trinajstić information content (AvgIpc) is 2.98. The zero-order valence-electron chi connectivity index (χ0n) is 15.1. The Kier molecular flexibility index (Phi) is 5.32. The first-order chi connectivity index (χ1) is 12.5. The molecule has 1 aromatic heterocycles. The Morgan fingerprint density at radius 3 is 2.54 bits per heavy atom. The lowest BCUT2D eigenvalue weighted by atomic mass is 10.2. The van der Waals surface area contributed by atoms with Crippen LogP contribution in [-0.2, 0) is 13.1 Å². The van der Waals surface area contributed by atoms with E-state index in [0.29, 0.717) is 18.8 Å². The second-order valence-electron chi connectivity index (χ2n) is 6.24. The molecule has 140 valence electrons. The molecule has 8 heteroatoms. The number of methoxy groups -OCH3 is 1. The highest BCUT2D eigenvalue weighted by Gasteiger charge is 2.24. The molecule has 1 aliphatic rings. The van der Waals surface area contributed by atoms with Gasteiger partial charge in [0.15, 0.2) is 0 Å². The molecule has 1 saturated heterocycles. The van der Waals surface area contributed by atoms with Crippen molar-refractivity contribution in [3.05, 3.63) is 46.1 Å². The minimum Gasteiger partial charge on any atom is -0.495 e. The van der Waals surface area contributed by atoms with Crippen molar-refractivity contribution >= 4 is 11.7 Å². The number of para-hydroxylation sites is 2. The molecule has 0 aliphatic carbocycles. The fraction of sp³-hybridized carbons (Fsp3) is 0.444. The lowest BCUT2D eigenvalue weighted by Gasteiger charge is -2.36. The number of carboxylic acid groups (broad SMARTS) is 1. The van der Waals surface area contributed by atoms with Gasteiger partial charge in [0.1, 0.15) is 11.4 Å². The Bertz CT molecular complexity index is 834. The molecule has 3 rings (SSSR count). The maximum atomic E-state index is 11.9. The van der Waals surface area contributed by atoms with Gasteiger partial charge in [0.2, 0.25) is 0 Å². The van der Waals surface area contributed by atoms with Crippen LogP contribution in [0.5, 0.6) is 5.75 Å². The summed E-state index contributed by atoms with van der Waals surface area (Å²) in [7, 11) is 1.67. The summed E-state index contributed by atoms with van der Waals surface area (Å²) in [5, 5.41) is 9.35. The number of rotatable bonds is 6. The van der Waals surface area contributed by atoms with Gasteiger partial charge >= 0.3 is 11.7 Å². The third kappa shape index (κ3) is 3.45. The summed E-state index contributed by atoms with van der Waals surface area (Å²) >= 11 is 0. The van der Waals surface area contributed by atoms with Gasteiger partial charge in [-0.05, 0) is 19.1 Å². The van der Waals surface area contributed by atoms with E-state index in [1.54, 1.807) is 7.11 Å². The fourth-order valence-corrected chi connectivity index (χ4v) is 3.43. The number of nitrogens with zero attached hydrogens (tertiary/aromatic N) is 3. The minimum atomic E-state index is -1.10. The van der Waals surface area contributed by atoms with Crippen molar-refractivity contribution in [2.45, 2.75) is 20.0 Å². The van der Waals surface area contributed by atoms with Crippen molar-refractivity contribution in [1.29, 1.82) is 0 Å². The van der Waals surface area contributed by atoms with E-state index in [0.717, 1.165) is 37.6 Å². The van der Waals surface area contributed by atoms with Crippen molar-refractivity contribution in [1.82, 2.24) is 14.5 Å². The number of piperazine rings is 1. The summed E-state index contributed by atoms with van der Waals surface area (Å²) in [6, 6.07) is 7.92. The van der Waals surface area contributed by atoms with E-state index in [4.69, 9.17) is 4.74 Å². The van der Waals surface area contributed by atoms with Crippen LogP contribution in [0.2, 0.25) is 0 Å². The maximum Gasteiger partial charge on any atom is 0.354 e. The van der Waals surface area contributed by atoms with E-state index in [9.17, 15) is 14.7 Å². The van der Waals surface area contributed by atoms with E-state index >= 15 is 0 Å². The predicted molar refractivity (Wildman–Crippen MR) is 98.2 cm³/mol. The number of benzene rings is 1. The molecule has 1 aliphatic heterocycles. The topological polar surface area (TPSA) is 90.8 Å². The van der Waals surface area contributed by atoms with Crippen LogP contribution in [0, 0.1) is 0 Å². The molecule has 0 atom stereocenters. The second-order valence-corrected chi connectivity index (χ2v) is 6.24. The zero-order valence-corrected chi connectivity index (χ0v) is 15.1. The Hall–Kier alpha value is -2.74. The van der Waals surface area contributed by atoms with Gasteiger partial charge in [0.05, 0.1) is 18.5 Å². The smallest absolute Gasteiger partial charge is 0.354 e. The van der Waals surface area contributed by atoms with Crippen LogP contribution in [0.3, 0.4) is 0 Å². The molecule has 0 radical (unpaired) electrons. The van der Waals surface area contributed by atoms with Gasteiger partial charge in [-0.3, -0.25) is 14.5 Å². The van der Waals surface area contributed by atoms with Crippen LogP contribution in [0.1, 0.15) is 23.1 Å². The van der Waals surface area contributed by atoms with E-state index in [1.165, 1.54) is 4.57 Å². The Labute approximate surface area is 151 Å². The number of nitrogens with one attached hydrogen (secondary N) is 1. The number of hydrogen-bond acceptors (Lipinski definition) is 5. The van der Waals surface area contributed by atoms with E-state index in [2.05, 4.69) is 14.8 Å². The number of aromatic nitrogens is 2. The van der Waals surface area contributed by atoms with Crippen LogP contribution >= 0.6 is 0 Å². The molecular weight excluding hydrogens is 336 g/mol. The number of aromatic amines is 1. The van der Waals surface area contributed by atoms with E-state index in [1.807, 2.05) is 31.2 Å². The molecule has 2 N–H and O–H groups in total. The normalized spacial score (nSPS) is 15.2. The van der Waals surface area contributed by atoms with E-state index in [-0.39, 0.29) is 11.4 Å². The van der Waals surface area contributed by atoms with E-state index < -0.39 is 5.97 Å². The number of anilines is 1. The highest BCUT2D eigenvalue weighted by atomic mass is 16.5. The maximum absolute atomic E-state index is 11.9. The van der Waals surface area contributed by atoms with Gasteiger partial charge in [-0.25, -0.2) is 9.59 Å². The molecule has 1 fully saturated rings. The van der Waals surface area contributed by atoms with Gasteiger partial charge in [-0.1, -0.05) is 12.1 Å². The predicted octanol–water partition coefficient (Wildman–Crippen LogP) is 1.23. The number of aromatic carboxylic acids is 1. The van der Waals surface area contributed by atoms with Gasteiger partial charge in [-0.15, -0.1) is 0 Å². The molecule has 2 aromatic rings. The van der Waals surface area contributed by atoms with Gasteiger partial charge in [0.25, 0.3) is 0 Å². The van der Waals surface area contributed by atoms with Gasteiger partial charge in [0, 0.05) is 39.3 Å². The van der Waals surface area contributed by atoms with Gasteiger partial charge < -0.3 is 14.7 Å². The lowest BCUT2D eigenvalue weighted by Crippen LogP contribution is -2.46. The molecule has 26 heavy (non-hydrogen) atoms. The second kappa shape index (κ2) is 7.65. The minimum absolute atomic E-state index is 0.0102. The summed E-state index contributed by atoms with van der Waals surface area (Å²) in [5.74, 6) is -0.253. The fourth-order valence-electron chi connectivity index (χ4n) is 3.43. The van der Waals surface area contributed by atoms with Crippen molar-refractivity contribution < 1.29 is 14.6 Å². The molecule has 1 aromatic carbocycles. The quantitative estimate of drug-likeness (QED) is 0.805. The third-order valence-electron chi connectivity index (χ3n) is 4.79. The first kappa shape index (κ1) is 18.1. The van der Waals surface area contributed by atoms with Crippen molar-refractivity contribution in [3.8, 4) is 5.75 Å². The Morgan fingerprint density at radius 1 is 1.23 bits per heavy atom. The molecule has 8 nitrogen and oxygen atoms in total. The van der Waals surface area contributed by atoms with Crippen LogP contribution in [0.4, 0.5) is 5.69 Å². The number of carbonyl (C=O) groups is 1. The largest absolute Gasteiger partial charge is 0.495 e. The highest BCUT2D eigenvalue weighted by molar-refractivity contribution is 5.86. The first-order valence-electron chi connectivity index (χ1n) is 8.70. The Balaban J connectivity index is 1.72. The summed E-state index contributed by atoms with van der Waals surface area (Å²) in [6.07, 6.45) is 0. The van der Waals surface area contributed by atoms with Crippen molar-refractivity contribution in [2.75, 3.05) is 38.2 Å². The first-order valence-corrected chi connectivity index (χ1v) is 8.70.